The molecule has 0 saturated carbocycles. The minimum Gasteiger partial charge on any atom is -0.343 e. The van der Waals surface area contributed by atoms with Crippen LogP contribution in [0.25, 0.3) is 0 Å². The molecule has 8 atom stereocenters. The highest BCUT2D eigenvalue weighted by Gasteiger charge is 2.55. The normalized spacial score (nSPS) is 46.2. The van der Waals surface area contributed by atoms with Gasteiger partial charge >= 0.3 is 0 Å². The molecule has 0 bridgehead atoms. The van der Waals surface area contributed by atoms with Crippen molar-refractivity contribution in [3.8, 4) is 0 Å². The zero-order valence-electron chi connectivity index (χ0n) is 19.6. The van der Waals surface area contributed by atoms with E-state index in [0.29, 0.717) is 0 Å². The van der Waals surface area contributed by atoms with Crippen molar-refractivity contribution >= 4 is 121 Å². The van der Waals surface area contributed by atoms with Crippen LogP contribution in [0.5, 0.6) is 0 Å². The van der Waals surface area contributed by atoms with Crippen molar-refractivity contribution in [2.75, 3.05) is 40.3 Å². The molecule has 198 valence electrons. The summed E-state index contributed by atoms with van der Waals surface area (Å²) < 4.78 is 22.9. The van der Waals surface area contributed by atoms with Crippen LogP contribution in [0.4, 0.5) is 0 Å². The molecule has 4 saturated heterocycles. The van der Waals surface area contributed by atoms with Gasteiger partial charge in [-0.25, -0.2) is 0 Å². The van der Waals surface area contributed by atoms with Gasteiger partial charge in [-0.15, -0.1) is 97.6 Å². The molecule has 8 unspecified atom stereocenters. The van der Waals surface area contributed by atoms with Crippen LogP contribution in [-0.2, 0) is 18.9 Å². The molecule has 4 aliphatic heterocycles. The molecule has 4 nitrogen and oxygen atoms in total. The predicted octanol–water partition coefficient (Wildman–Crippen LogP) is 6.13. The first-order valence-corrected chi connectivity index (χ1v) is 19.2. The SMILES string of the molecule is CC1(SCCSCC(CSC2(C)OC2S)(CSC2(C)OC2S)SCCSC2(C)OC2S)OC1S. The highest BCUT2D eigenvalue weighted by Crippen LogP contribution is 2.55. The molecular weight excluding hydrogens is 625 g/mol. The van der Waals surface area contributed by atoms with Gasteiger partial charge in [0.2, 0.25) is 0 Å². The third-order valence-electron chi connectivity index (χ3n) is 6.05. The van der Waals surface area contributed by atoms with Gasteiger partial charge in [-0.2, -0.15) is 23.5 Å². The third kappa shape index (κ3) is 7.96. The third-order valence-corrected chi connectivity index (χ3v) is 18.7. The molecule has 4 fully saturated rings. The molecule has 14 heteroatoms. The van der Waals surface area contributed by atoms with Crippen LogP contribution in [0.1, 0.15) is 27.7 Å². The average Bonchev–Trinajstić information content (AvgIpc) is 3.73. The van der Waals surface area contributed by atoms with E-state index in [1.54, 1.807) is 0 Å². The summed E-state index contributed by atoms with van der Waals surface area (Å²) in [4.78, 5) is -0.607. The summed E-state index contributed by atoms with van der Waals surface area (Å²) in [6, 6.07) is 0. The zero-order valence-corrected chi connectivity index (χ0v) is 28.1. The standard InChI is InChI=1S/C20H34O4S10/c1-16(12(25)21-16)30-6-5-29-9-20(10-33-18(3)14(27)23-18,11-34-19(4)15(28)24-19)32-8-7-31-17(2)13(26)22-17/h12-15,25-28H,5-11H2,1-4H3. The molecule has 0 aliphatic carbocycles. The summed E-state index contributed by atoms with van der Waals surface area (Å²) in [5.74, 6) is 7.37. The maximum atomic E-state index is 5.78. The Hall–Kier alpha value is 3.34. The van der Waals surface area contributed by atoms with Crippen molar-refractivity contribution in [1.82, 2.24) is 0 Å². The summed E-state index contributed by atoms with van der Waals surface area (Å²) in [7, 11) is 0. The van der Waals surface area contributed by atoms with E-state index in [9.17, 15) is 0 Å². The Kier molecular flexibility index (Phi) is 10.4. The summed E-state index contributed by atoms with van der Waals surface area (Å²) in [5, 5.41) is 0. The number of ether oxygens (including phenoxy) is 4. The number of thiol groups is 4. The van der Waals surface area contributed by atoms with Crippen LogP contribution in [0.3, 0.4) is 0 Å². The van der Waals surface area contributed by atoms with E-state index >= 15 is 0 Å². The van der Waals surface area contributed by atoms with E-state index in [0.717, 1.165) is 40.3 Å². The van der Waals surface area contributed by atoms with Gasteiger partial charge in [-0.05, 0) is 27.7 Å². The maximum Gasteiger partial charge on any atom is 0.147 e. The zero-order chi connectivity index (χ0) is 24.8. The van der Waals surface area contributed by atoms with Gasteiger partial charge in [0, 0.05) is 45.0 Å². The van der Waals surface area contributed by atoms with Gasteiger partial charge in [-0.1, -0.05) is 0 Å². The molecule has 0 N–H and O–H groups in total. The second-order valence-corrected chi connectivity index (χ2v) is 19.6. The smallest absolute Gasteiger partial charge is 0.147 e. The van der Waals surface area contributed by atoms with E-state index in [2.05, 4.69) is 90.0 Å². The van der Waals surface area contributed by atoms with Crippen molar-refractivity contribution in [1.29, 1.82) is 0 Å². The van der Waals surface area contributed by atoms with Crippen LogP contribution in [0.2, 0.25) is 0 Å². The number of thioether (sulfide) groups is 6. The van der Waals surface area contributed by atoms with Crippen LogP contribution >= 0.6 is 121 Å². The summed E-state index contributed by atoms with van der Waals surface area (Å²) in [6.07, 6.45) is 0. The van der Waals surface area contributed by atoms with Crippen LogP contribution in [0, 0.1) is 0 Å². The van der Waals surface area contributed by atoms with Crippen molar-refractivity contribution in [2.45, 2.75) is 73.9 Å². The van der Waals surface area contributed by atoms with Gasteiger partial charge in [0.1, 0.15) is 41.5 Å². The topological polar surface area (TPSA) is 50.1 Å². The van der Waals surface area contributed by atoms with E-state index in [4.69, 9.17) is 18.9 Å². The Labute approximate surface area is 251 Å². The Morgan fingerprint density at radius 2 is 0.912 bits per heavy atom. The Morgan fingerprint density at radius 1 is 0.559 bits per heavy atom. The van der Waals surface area contributed by atoms with E-state index < -0.39 is 0 Å². The Balaban J connectivity index is 1.33. The molecule has 34 heavy (non-hydrogen) atoms. The number of epoxide rings is 4. The highest BCUT2D eigenvalue weighted by molar-refractivity contribution is 8.09. The predicted molar refractivity (Wildman–Crippen MR) is 171 cm³/mol. The monoisotopic (exact) mass is 658 g/mol. The Bertz CT molecular complexity index is 711. The van der Waals surface area contributed by atoms with Crippen LogP contribution in [-0.4, -0.2) is 86.5 Å². The fraction of sp³-hybridized carbons (Fsp3) is 1.00. The first-order valence-electron chi connectivity index (χ1n) is 11.0. The van der Waals surface area contributed by atoms with Gasteiger partial charge in [0.15, 0.2) is 0 Å². The van der Waals surface area contributed by atoms with E-state index in [-0.39, 0.29) is 46.2 Å². The maximum absolute atomic E-state index is 5.78. The van der Waals surface area contributed by atoms with Gasteiger partial charge in [0.25, 0.3) is 0 Å². The molecule has 4 aliphatic rings. The Morgan fingerprint density at radius 3 is 1.29 bits per heavy atom. The summed E-state index contributed by atoms with van der Waals surface area (Å²) >= 11 is 29.6. The second kappa shape index (κ2) is 11.7. The van der Waals surface area contributed by atoms with Gasteiger partial charge in [-0.3, -0.25) is 0 Å². The lowest BCUT2D eigenvalue weighted by molar-refractivity contribution is 0.393. The molecule has 0 spiro atoms. The minimum atomic E-state index is -0.186. The lowest BCUT2D eigenvalue weighted by Gasteiger charge is -2.34. The molecule has 0 radical (unpaired) electrons. The number of hydrogen-bond acceptors (Lipinski definition) is 14. The first kappa shape index (κ1) is 30.3. The fourth-order valence-corrected chi connectivity index (χ4v) is 13.3. The molecule has 4 heterocycles. The fourth-order valence-electron chi connectivity index (χ4n) is 3.04. The van der Waals surface area contributed by atoms with E-state index in [1.807, 2.05) is 58.8 Å². The van der Waals surface area contributed by atoms with Crippen molar-refractivity contribution < 1.29 is 18.9 Å². The van der Waals surface area contributed by atoms with E-state index in [1.165, 1.54) is 0 Å². The summed E-state index contributed by atoms with van der Waals surface area (Å²) in [6.45, 7) is 8.55. The summed E-state index contributed by atoms with van der Waals surface area (Å²) in [5.41, 5.74) is 0.162. The highest BCUT2D eigenvalue weighted by atomic mass is 32.2. The number of rotatable bonds is 17. The van der Waals surface area contributed by atoms with Gasteiger partial charge in [0.05, 0.1) is 0 Å². The molecule has 0 aromatic heterocycles. The van der Waals surface area contributed by atoms with Crippen molar-refractivity contribution in [3.63, 3.8) is 0 Å². The van der Waals surface area contributed by atoms with Crippen LogP contribution in [0.15, 0.2) is 0 Å². The molecule has 4 rings (SSSR count). The average molecular weight is 659 g/mol. The first-order chi connectivity index (χ1) is 15.8. The lowest BCUT2D eigenvalue weighted by Crippen LogP contribution is -2.37. The molecular formula is C20H34O4S10. The second-order valence-electron chi connectivity index (χ2n) is 9.30. The van der Waals surface area contributed by atoms with Crippen LogP contribution < -0.4 is 0 Å². The van der Waals surface area contributed by atoms with Crippen molar-refractivity contribution in [2.24, 2.45) is 0 Å². The largest absolute Gasteiger partial charge is 0.343 e. The molecule has 0 aromatic rings. The lowest BCUT2D eigenvalue weighted by atomic mass is 10.2. The quantitative estimate of drug-likeness (QED) is 0.0834. The minimum absolute atomic E-state index is 0.0197. The van der Waals surface area contributed by atoms with Gasteiger partial charge < -0.3 is 18.9 Å². The molecule has 0 amide bonds. The number of hydrogen-bond donors (Lipinski definition) is 4. The molecule has 0 aromatic carbocycles. The van der Waals surface area contributed by atoms with Crippen molar-refractivity contribution in [3.05, 3.63) is 0 Å².